The highest BCUT2D eigenvalue weighted by Crippen LogP contribution is 2.17. The van der Waals surface area contributed by atoms with Crippen LogP contribution in [0.15, 0.2) is 0 Å². The molecule has 2 atom stereocenters. The van der Waals surface area contributed by atoms with Gasteiger partial charge in [-0.1, -0.05) is 6.92 Å². The summed E-state index contributed by atoms with van der Waals surface area (Å²) in [6.45, 7) is 10.9. The van der Waals surface area contributed by atoms with Crippen LogP contribution in [0.25, 0.3) is 0 Å². The number of hydrogen-bond donors (Lipinski definition) is 2. The van der Waals surface area contributed by atoms with E-state index < -0.39 is 0 Å². The van der Waals surface area contributed by atoms with E-state index in [2.05, 4.69) is 22.0 Å². The molecule has 0 bridgehead atoms. The van der Waals surface area contributed by atoms with Gasteiger partial charge < -0.3 is 20.1 Å². The summed E-state index contributed by atoms with van der Waals surface area (Å²) in [5, 5.41) is 12.8. The molecule has 0 aromatic rings. The van der Waals surface area contributed by atoms with Gasteiger partial charge in [0.2, 0.25) is 0 Å². The fourth-order valence-corrected chi connectivity index (χ4v) is 3.20. The molecule has 0 aromatic carbocycles. The second-order valence-electron chi connectivity index (χ2n) is 6.01. The van der Waals surface area contributed by atoms with Crippen LogP contribution in [0.1, 0.15) is 26.2 Å². The Morgan fingerprint density at radius 3 is 2.80 bits per heavy atom. The van der Waals surface area contributed by atoms with Gasteiger partial charge >= 0.3 is 0 Å². The van der Waals surface area contributed by atoms with Gasteiger partial charge in [0.15, 0.2) is 0 Å². The number of aliphatic hydroxyl groups is 1. The van der Waals surface area contributed by atoms with Crippen LogP contribution in [0, 0.1) is 0 Å². The maximum atomic E-state index is 9.38. The van der Waals surface area contributed by atoms with Crippen LogP contribution in [-0.2, 0) is 4.74 Å². The van der Waals surface area contributed by atoms with Crippen LogP contribution < -0.4 is 5.32 Å². The maximum Gasteiger partial charge on any atom is 0.0594 e. The summed E-state index contributed by atoms with van der Waals surface area (Å²) in [5.41, 5.74) is 0. The topological polar surface area (TPSA) is 48.0 Å². The van der Waals surface area contributed by atoms with Crippen LogP contribution >= 0.6 is 0 Å². The molecule has 2 aliphatic heterocycles. The van der Waals surface area contributed by atoms with E-state index in [4.69, 9.17) is 4.74 Å². The third kappa shape index (κ3) is 4.97. The molecule has 2 heterocycles. The molecule has 0 spiro atoms. The lowest BCUT2D eigenvalue weighted by Crippen LogP contribution is -2.45. The lowest BCUT2D eigenvalue weighted by Gasteiger charge is -2.32. The normalized spacial score (nSPS) is 27.0. The van der Waals surface area contributed by atoms with Crippen LogP contribution in [0.3, 0.4) is 0 Å². The molecular formula is C15H31N3O2. The molecule has 2 unspecified atom stereocenters. The number of morpholine rings is 1. The molecular weight excluding hydrogens is 254 g/mol. The number of nitrogens with zero attached hydrogens (tertiary/aromatic N) is 2. The van der Waals surface area contributed by atoms with Gasteiger partial charge in [0.1, 0.15) is 0 Å². The Balaban J connectivity index is 1.64. The van der Waals surface area contributed by atoms with E-state index in [-0.39, 0.29) is 12.6 Å². The van der Waals surface area contributed by atoms with Crippen LogP contribution in [0.2, 0.25) is 0 Å². The summed E-state index contributed by atoms with van der Waals surface area (Å²) < 4.78 is 5.43. The van der Waals surface area contributed by atoms with Crippen LogP contribution in [-0.4, -0.2) is 86.1 Å². The van der Waals surface area contributed by atoms with E-state index in [0.717, 1.165) is 58.3 Å². The number of rotatable bonds is 8. The summed E-state index contributed by atoms with van der Waals surface area (Å²) in [6, 6.07) is 0.979. The maximum absolute atomic E-state index is 9.38. The summed E-state index contributed by atoms with van der Waals surface area (Å²) in [7, 11) is 0. The molecule has 0 amide bonds. The highest BCUT2D eigenvalue weighted by Gasteiger charge is 2.28. The number of hydrogen-bond acceptors (Lipinski definition) is 5. The first-order valence-corrected chi connectivity index (χ1v) is 8.22. The quantitative estimate of drug-likeness (QED) is 0.664. The Hall–Kier alpha value is -0.200. The lowest BCUT2D eigenvalue weighted by atomic mass is 10.2. The first kappa shape index (κ1) is 16.2. The Morgan fingerprint density at radius 2 is 2.10 bits per heavy atom. The molecule has 0 aromatic heterocycles. The third-order valence-electron chi connectivity index (χ3n) is 4.51. The molecule has 0 radical (unpaired) electrons. The minimum Gasteiger partial charge on any atom is -0.395 e. The van der Waals surface area contributed by atoms with Crippen LogP contribution in [0.4, 0.5) is 0 Å². The zero-order valence-corrected chi connectivity index (χ0v) is 12.9. The van der Waals surface area contributed by atoms with Crippen molar-refractivity contribution in [3.05, 3.63) is 0 Å². The number of ether oxygens (including phenoxy) is 1. The van der Waals surface area contributed by atoms with Crippen molar-refractivity contribution in [2.75, 3.05) is 59.1 Å². The SMILES string of the molecule is CCCNC(CO)CCN1CCC(N2CCOCC2)C1. The van der Waals surface area contributed by atoms with Crippen LogP contribution in [0.5, 0.6) is 0 Å². The van der Waals surface area contributed by atoms with Gasteiger partial charge in [-0.25, -0.2) is 0 Å². The van der Waals surface area contributed by atoms with Gasteiger partial charge in [-0.3, -0.25) is 4.90 Å². The third-order valence-corrected chi connectivity index (χ3v) is 4.51. The zero-order chi connectivity index (χ0) is 14.2. The van der Waals surface area contributed by atoms with Gasteiger partial charge in [0, 0.05) is 31.7 Å². The Bertz CT molecular complexity index is 260. The van der Waals surface area contributed by atoms with Gasteiger partial charge in [-0.15, -0.1) is 0 Å². The van der Waals surface area contributed by atoms with Gasteiger partial charge in [-0.05, 0) is 38.9 Å². The number of aliphatic hydroxyl groups excluding tert-OH is 1. The van der Waals surface area contributed by atoms with Crippen molar-refractivity contribution in [2.24, 2.45) is 0 Å². The van der Waals surface area contributed by atoms with Crippen molar-refractivity contribution in [1.29, 1.82) is 0 Å². The van der Waals surface area contributed by atoms with Crippen molar-refractivity contribution in [3.63, 3.8) is 0 Å². The predicted molar refractivity (Wildman–Crippen MR) is 81.0 cm³/mol. The number of likely N-dealkylation sites (tertiary alicyclic amines) is 1. The molecule has 118 valence electrons. The zero-order valence-electron chi connectivity index (χ0n) is 12.9. The second kappa shape index (κ2) is 8.95. The Morgan fingerprint density at radius 1 is 1.30 bits per heavy atom. The largest absolute Gasteiger partial charge is 0.395 e. The average molecular weight is 285 g/mol. The second-order valence-corrected chi connectivity index (χ2v) is 6.01. The predicted octanol–water partition coefficient (Wildman–Crippen LogP) is 0.144. The molecule has 0 aliphatic carbocycles. The molecule has 20 heavy (non-hydrogen) atoms. The summed E-state index contributed by atoms with van der Waals surface area (Å²) in [5.74, 6) is 0. The molecule has 5 heteroatoms. The summed E-state index contributed by atoms with van der Waals surface area (Å²) in [4.78, 5) is 5.14. The van der Waals surface area contributed by atoms with E-state index in [1.165, 1.54) is 19.5 Å². The smallest absolute Gasteiger partial charge is 0.0594 e. The minimum atomic E-state index is 0.251. The van der Waals surface area contributed by atoms with Crippen molar-refractivity contribution >= 4 is 0 Å². The van der Waals surface area contributed by atoms with E-state index in [9.17, 15) is 5.11 Å². The first-order chi connectivity index (χ1) is 9.83. The fourth-order valence-electron chi connectivity index (χ4n) is 3.20. The summed E-state index contributed by atoms with van der Waals surface area (Å²) >= 11 is 0. The molecule has 0 saturated carbocycles. The molecule has 2 fully saturated rings. The van der Waals surface area contributed by atoms with E-state index in [1.807, 2.05) is 0 Å². The Labute approximate surface area is 123 Å². The number of nitrogens with one attached hydrogen (secondary N) is 1. The highest BCUT2D eigenvalue weighted by atomic mass is 16.5. The van der Waals surface area contributed by atoms with E-state index >= 15 is 0 Å². The standard InChI is InChI=1S/C15H31N3O2/c1-2-5-16-14(13-19)3-6-17-7-4-15(12-17)18-8-10-20-11-9-18/h14-16,19H,2-13H2,1H3. The minimum absolute atomic E-state index is 0.251. The van der Waals surface area contributed by atoms with Crippen molar-refractivity contribution in [3.8, 4) is 0 Å². The fraction of sp³-hybridized carbons (Fsp3) is 1.00. The van der Waals surface area contributed by atoms with Gasteiger partial charge in [-0.2, -0.15) is 0 Å². The van der Waals surface area contributed by atoms with Crippen molar-refractivity contribution in [1.82, 2.24) is 15.1 Å². The van der Waals surface area contributed by atoms with Gasteiger partial charge in [0.05, 0.1) is 19.8 Å². The van der Waals surface area contributed by atoms with E-state index in [1.54, 1.807) is 0 Å². The average Bonchev–Trinajstić information content (AvgIpc) is 2.97. The molecule has 2 saturated heterocycles. The first-order valence-electron chi connectivity index (χ1n) is 8.22. The highest BCUT2D eigenvalue weighted by molar-refractivity contribution is 4.85. The van der Waals surface area contributed by atoms with Crippen molar-refractivity contribution < 1.29 is 9.84 Å². The molecule has 2 aliphatic rings. The van der Waals surface area contributed by atoms with E-state index in [0.29, 0.717) is 0 Å². The molecule has 5 nitrogen and oxygen atoms in total. The molecule has 2 N–H and O–H groups in total. The molecule has 2 rings (SSSR count). The Kier molecular flexibility index (Phi) is 7.24. The van der Waals surface area contributed by atoms with Gasteiger partial charge in [0.25, 0.3) is 0 Å². The van der Waals surface area contributed by atoms with Crippen molar-refractivity contribution in [2.45, 2.75) is 38.3 Å². The lowest BCUT2D eigenvalue weighted by molar-refractivity contribution is 0.0184. The summed E-state index contributed by atoms with van der Waals surface area (Å²) in [6.07, 6.45) is 3.46. The monoisotopic (exact) mass is 285 g/mol.